The minimum atomic E-state index is -0.731. The van der Waals surface area contributed by atoms with Gasteiger partial charge < -0.3 is 20.8 Å². The molecule has 3 aromatic rings. The molecule has 1 atom stereocenters. The molecule has 2 heterocycles. The Kier molecular flexibility index (Phi) is 5.75. The first kappa shape index (κ1) is 17.5. The van der Waals surface area contributed by atoms with Gasteiger partial charge in [0.2, 0.25) is 0 Å². The summed E-state index contributed by atoms with van der Waals surface area (Å²) < 4.78 is 0.974. The predicted octanol–water partition coefficient (Wildman–Crippen LogP) is 2.69. The van der Waals surface area contributed by atoms with Crippen LogP contribution in [0.2, 0.25) is 0 Å². The fraction of sp³-hybridized carbons (Fsp3) is 0.235. The molecule has 8 heteroatoms. The van der Waals surface area contributed by atoms with Crippen molar-refractivity contribution < 1.29 is 10.2 Å². The van der Waals surface area contributed by atoms with Crippen molar-refractivity contribution in [2.24, 2.45) is 0 Å². The van der Waals surface area contributed by atoms with Crippen LogP contribution in [0.4, 0.5) is 17.3 Å². The van der Waals surface area contributed by atoms with E-state index >= 15 is 0 Å². The third kappa shape index (κ3) is 4.62. The molecule has 3 rings (SSSR count). The number of nitrogens with one attached hydrogen (secondary N) is 2. The molecule has 0 aliphatic carbocycles. The molecule has 4 N–H and O–H groups in total. The number of nitrogens with zero attached hydrogens (tertiary/aromatic N) is 3. The Balaban J connectivity index is 1.82. The number of aromatic nitrogens is 3. The van der Waals surface area contributed by atoms with E-state index in [4.69, 9.17) is 5.11 Å². The number of pyridine rings is 1. The second-order valence-corrected chi connectivity index (χ2v) is 6.41. The highest BCUT2D eigenvalue weighted by atomic mass is 79.9. The Hall–Kier alpha value is -2.29. The lowest BCUT2D eigenvalue weighted by Crippen LogP contribution is -2.17. The van der Waals surface area contributed by atoms with Crippen LogP contribution in [0.1, 0.15) is 6.42 Å². The summed E-state index contributed by atoms with van der Waals surface area (Å²) in [5.41, 5.74) is 1.64. The van der Waals surface area contributed by atoms with Gasteiger partial charge in [0, 0.05) is 22.1 Å². The van der Waals surface area contributed by atoms with Gasteiger partial charge in [0.15, 0.2) is 0 Å². The van der Waals surface area contributed by atoms with Crippen LogP contribution < -0.4 is 10.6 Å². The van der Waals surface area contributed by atoms with Crippen molar-refractivity contribution in [2.75, 3.05) is 23.8 Å². The molecule has 0 amide bonds. The highest BCUT2D eigenvalue weighted by molar-refractivity contribution is 9.10. The first-order valence-electron chi connectivity index (χ1n) is 7.82. The van der Waals surface area contributed by atoms with Crippen LogP contribution in [-0.2, 0) is 0 Å². The number of anilines is 3. The standard InChI is InChI=1S/C17H18BrN5O2/c18-11-2-1-3-12(6-11)23-17-14-7-16(19-5-4-13(25)9-24)20-8-15(14)21-10-22-17/h1-3,6-8,10,13,24-25H,4-5,9H2,(H,19,20)(H,21,22,23). The van der Waals surface area contributed by atoms with E-state index in [1.165, 1.54) is 6.33 Å². The number of aliphatic hydroxyl groups is 2. The van der Waals surface area contributed by atoms with Gasteiger partial charge in [-0.05, 0) is 30.7 Å². The lowest BCUT2D eigenvalue weighted by molar-refractivity contribution is 0.0911. The largest absolute Gasteiger partial charge is 0.394 e. The lowest BCUT2D eigenvalue weighted by Gasteiger charge is -2.11. The molecule has 0 saturated heterocycles. The summed E-state index contributed by atoms with van der Waals surface area (Å²) in [6.07, 6.45) is 2.87. The third-order valence-electron chi connectivity index (χ3n) is 3.60. The average molecular weight is 404 g/mol. The molecule has 130 valence electrons. The summed E-state index contributed by atoms with van der Waals surface area (Å²) in [7, 11) is 0. The number of rotatable bonds is 7. The molecule has 0 aliphatic heterocycles. The Morgan fingerprint density at radius 2 is 2.04 bits per heavy atom. The maximum atomic E-state index is 9.39. The molecule has 0 radical (unpaired) electrons. The Morgan fingerprint density at radius 1 is 1.16 bits per heavy atom. The van der Waals surface area contributed by atoms with Gasteiger partial charge in [-0.15, -0.1) is 0 Å². The maximum Gasteiger partial charge on any atom is 0.141 e. The normalized spacial score (nSPS) is 12.1. The van der Waals surface area contributed by atoms with Gasteiger partial charge in [0.05, 0.1) is 24.4 Å². The van der Waals surface area contributed by atoms with Gasteiger partial charge in [-0.2, -0.15) is 0 Å². The topological polar surface area (TPSA) is 103 Å². The van der Waals surface area contributed by atoms with Crippen molar-refractivity contribution >= 4 is 44.2 Å². The Morgan fingerprint density at radius 3 is 2.84 bits per heavy atom. The van der Waals surface area contributed by atoms with Gasteiger partial charge >= 0.3 is 0 Å². The Labute approximate surface area is 153 Å². The van der Waals surface area contributed by atoms with E-state index in [1.54, 1.807) is 6.20 Å². The minimum absolute atomic E-state index is 0.249. The van der Waals surface area contributed by atoms with E-state index in [1.807, 2.05) is 30.3 Å². The summed E-state index contributed by atoms with van der Waals surface area (Å²) in [5, 5.41) is 25.5. The average Bonchev–Trinajstić information content (AvgIpc) is 2.62. The van der Waals surface area contributed by atoms with Crippen LogP contribution in [0.15, 0.2) is 47.3 Å². The molecule has 0 saturated carbocycles. The fourth-order valence-electron chi connectivity index (χ4n) is 2.32. The van der Waals surface area contributed by atoms with Crippen LogP contribution in [-0.4, -0.2) is 44.4 Å². The van der Waals surface area contributed by atoms with Crippen molar-refractivity contribution in [1.29, 1.82) is 0 Å². The van der Waals surface area contributed by atoms with E-state index in [0.29, 0.717) is 24.6 Å². The molecule has 1 aromatic carbocycles. The molecule has 0 aliphatic rings. The zero-order chi connectivity index (χ0) is 17.6. The molecule has 0 bridgehead atoms. The summed E-state index contributed by atoms with van der Waals surface area (Å²) >= 11 is 3.45. The molecule has 1 unspecified atom stereocenters. The number of hydrogen-bond acceptors (Lipinski definition) is 7. The summed E-state index contributed by atoms with van der Waals surface area (Å²) in [5.74, 6) is 1.34. The van der Waals surface area contributed by atoms with Crippen LogP contribution in [0.3, 0.4) is 0 Å². The van der Waals surface area contributed by atoms with Crippen molar-refractivity contribution in [1.82, 2.24) is 15.0 Å². The van der Waals surface area contributed by atoms with E-state index in [2.05, 4.69) is 41.5 Å². The van der Waals surface area contributed by atoms with E-state index in [9.17, 15) is 5.11 Å². The van der Waals surface area contributed by atoms with Crippen molar-refractivity contribution in [3.63, 3.8) is 0 Å². The highest BCUT2D eigenvalue weighted by Crippen LogP contribution is 2.25. The van der Waals surface area contributed by atoms with Crippen LogP contribution >= 0.6 is 15.9 Å². The first-order valence-corrected chi connectivity index (χ1v) is 8.61. The zero-order valence-electron chi connectivity index (χ0n) is 13.4. The first-order chi connectivity index (χ1) is 12.2. The van der Waals surface area contributed by atoms with Crippen LogP contribution in [0.25, 0.3) is 10.9 Å². The molecule has 25 heavy (non-hydrogen) atoms. The number of aliphatic hydroxyl groups excluding tert-OH is 2. The van der Waals surface area contributed by atoms with Crippen molar-refractivity contribution in [3.05, 3.63) is 47.3 Å². The van der Waals surface area contributed by atoms with E-state index in [-0.39, 0.29) is 6.61 Å². The number of halogens is 1. The minimum Gasteiger partial charge on any atom is -0.394 e. The molecule has 0 spiro atoms. The van der Waals surface area contributed by atoms with Gasteiger partial charge in [-0.25, -0.2) is 15.0 Å². The van der Waals surface area contributed by atoms with Gasteiger partial charge in [-0.3, -0.25) is 0 Å². The van der Waals surface area contributed by atoms with Crippen LogP contribution in [0, 0.1) is 0 Å². The molecule has 0 fully saturated rings. The van der Waals surface area contributed by atoms with Crippen molar-refractivity contribution in [3.8, 4) is 0 Å². The number of fused-ring (bicyclic) bond motifs is 1. The number of benzene rings is 1. The highest BCUT2D eigenvalue weighted by Gasteiger charge is 2.07. The van der Waals surface area contributed by atoms with Gasteiger partial charge in [0.25, 0.3) is 0 Å². The van der Waals surface area contributed by atoms with E-state index in [0.717, 1.165) is 21.1 Å². The molecule has 2 aromatic heterocycles. The quantitative estimate of drug-likeness (QED) is 0.480. The smallest absolute Gasteiger partial charge is 0.141 e. The van der Waals surface area contributed by atoms with Crippen molar-refractivity contribution in [2.45, 2.75) is 12.5 Å². The molecular weight excluding hydrogens is 386 g/mol. The maximum absolute atomic E-state index is 9.39. The predicted molar refractivity (Wildman–Crippen MR) is 101 cm³/mol. The number of hydrogen-bond donors (Lipinski definition) is 4. The monoisotopic (exact) mass is 403 g/mol. The lowest BCUT2D eigenvalue weighted by atomic mass is 10.2. The SMILES string of the molecule is OCC(O)CCNc1cc2c(Nc3cccc(Br)c3)ncnc2cn1. The fourth-order valence-corrected chi connectivity index (χ4v) is 2.72. The summed E-state index contributed by atoms with van der Waals surface area (Å²) in [4.78, 5) is 12.9. The second-order valence-electron chi connectivity index (χ2n) is 5.50. The Bertz CT molecular complexity index is 861. The second kappa shape index (κ2) is 8.19. The third-order valence-corrected chi connectivity index (χ3v) is 4.10. The van der Waals surface area contributed by atoms with E-state index < -0.39 is 6.10 Å². The zero-order valence-corrected chi connectivity index (χ0v) is 14.9. The molecular formula is C17H18BrN5O2. The van der Waals surface area contributed by atoms with Gasteiger partial charge in [-0.1, -0.05) is 22.0 Å². The van der Waals surface area contributed by atoms with Crippen LogP contribution in [0.5, 0.6) is 0 Å². The summed E-state index contributed by atoms with van der Waals surface area (Å²) in [6, 6.07) is 9.67. The molecule has 7 nitrogen and oxygen atoms in total. The van der Waals surface area contributed by atoms with Gasteiger partial charge in [0.1, 0.15) is 18.0 Å². The summed E-state index contributed by atoms with van der Waals surface area (Å²) in [6.45, 7) is 0.254.